The highest BCUT2D eigenvalue weighted by atomic mass is 35.5. The van der Waals surface area contributed by atoms with Gasteiger partial charge in [0.25, 0.3) is 0 Å². The zero-order valence-corrected chi connectivity index (χ0v) is 19.6. The molecule has 2 heteroatoms. The summed E-state index contributed by atoms with van der Waals surface area (Å²) in [6.45, 7) is 9.07. The van der Waals surface area contributed by atoms with E-state index in [1.54, 1.807) is 0 Å². The molecule has 2 N–H and O–H groups in total. The second kappa shape index (κ2) is 20.0. The van der Waals surface area contributed by atoms with Crippen molar-refractivity contribution >= 4 is 12.4 Å². The molecule has 0 spiro atoms. The lowest BCUT2D eigenvalue weighted by Gasteiger charge is -2.31. The minimum atomic E-state index is 0. The molecule has 0 aromatic carbocycles. The van der Waals surface area contributed by atoms with Gasteiger partial charge in [-0.25, -0.2) is 0 Å². The minimum Gasteiger partial charge on any atom is -0.325 e. The summed E-state index contributed by atoms with van der Waals surface area (Å²) in [4.78, 5) is 0. The van der Waals surface area contributed by atoms with Crippen molar-refractivity contribution in [2.45, 2.75) is 149 Å². The van der Waals surface area contributed by atoms with Gasteiger partial charge in [0, 0.05) is 5.54 Å². The van der Waals surface area contributed by atoms with E-state index < -0.39 is 0 Å². The predicted octanol–water partition coefficient (Wildman–Crippen LogP) is 8.82. The monoisotopic (exact) mass is 389 g/mol. The summed E-state index contributed by atoms with van der Waals surface area (Å²) in [7, 11) is 0. The number of unbranched alkanes of at least 4 members (excludes halogenated alkanes) is 14. The summed E-state index contributed by atoms with van der Waals surface area (Å²) in [5.41, 5.74) is 6.47. The Morgan fingerprint density at radius 2 is 0.808 bits per heavy atom. The molecule has 1 nitrogen and oxygen atoms in total. The Labute approximate surface area is 173 Å². The molecule has 26 heavy (non-hydrogen) atoms. The quantitative estimate of drug-likeness (QED) is 0.219. The normalized spacial score (nSPS) is 11.8. The molecule has 0 saturated heterocycles. The number of hydrogen-bond donors (Lipinski definition) is 1. The molecule has 0 aliphatic carbocycles. The Morgan fingerprint density at radius 3 is 1.08 bits per heavy atom. The number of rotatable bonds is 19. The van der Waals surface area contributed by atoms with Crippen molar-refractivity contribution in [2.75, 3.05) is 0 Å². The fourth-order valence-corrected chi connectivity index (χ4v) is 3.94. The van der Waals surface area contributed by atoms with Crippen LogP contribution in [0.5, 0.6) is 0 Å². The molecule has 0 rings (SSSR count). The van der Waals surface area contributed by atoms with E-state index in [0.717, 1.165) is 0 Å². The van der Waals surface area contributed by atoms with Gasteiger partial charge < -0.3 is 5.73 Å². The lowest BCUT2D eigenvalue weighted by atomic mass is 9.80. The maximum Gasteiger partial charge on any atom is 0.0125 e. The SMILES string of the molecule is CCCCCCCCCCC(CCCCCCCCCC)C(C)(C)N.Cl. The van der Waals surface area contributed by atoms with Crippen molar-refractivity contribution < 1.29 is 0 Å². The van der Waals surface area contributed by atoms with Crippen LogP contribution in [-0.2, 0) is 0 Å². The molecular formula is C24H52ClN. The highest BCUT2D eigenvalue weighted by Gasteiger charge is 2.23. The van der Waals surface area contributed by atoms with Gasteiger partial charge in [0.2, 0.25) is 0 Å². The van der Waals surface area contributed by atoms with Crippen LogP contribution in [0, 0.1) is 5.92 Å². The van der Waals surface area contributed by atoms with E-state index >= 15 is 0 Å². The molecule has 0 saturated carbocycles. The van der Waals surface area contributed by atoms with Gasteiger partial charge in [-0.1, -0.05) is 117 Å². The number of hydrogen-bond acceptors (Lipinski definition) is 1. The van der Waals surface area contributed by atoms with Crippen molar-refractivity contribution in [3.63, 3.8) is 0 Å². The molecular weight excluding hydrogens is 338 g/mol. The van der Waals surface area contributed by atoms with Crippen molar-refractivity contribution in [3.05, 3.63) is 0 Å². The third kappa shape index (κ3) is 19.0. The van der Waals surface area contributed by atoms with Crippen molar-refractivity contribution in [1.29, 1.82) is 0 Å². The first-order valence-electron chi connectivity index (χ1n) is 11.8. The largest absolute Gasteiger partial charge is 0.325 e. The van der Waals surface area contributed by atoms with Crippen LogP contribution in [0.4, 0.5) is 0 Å². The molecule has 0 heterocycles. The summed E-state index contributed by atoms with van der Waals surface area (Å²) in [6.07, 6.45) is 25.3. The standard InChI is InChI=1S/C24H51N.ClH/c1-5-7-9-11-13-15-17-19-21-23(24(3,4)25)22-20-18-16-14-12-10-8-6-2;/h23H,5-22,25H2,1-4H3;1H. The molecule has 0 aromatic rings. The maximum atomic E-state index is 6.47. The topological polar surface area (TPSA) is 26.0 Å². The van der Waals surface area contributed by atoms with Crippen LogP contribution in [-0.4, -0.2) is 5.54 Å². The third-order valence-corrected chi connectivity index (χ3v) is 5.86. The Morgan fingerprint density at radius 1 is 0.538 bits per heavy atom. The maximum absolute atomic E-state index is 6.47. The molecule has 0 amide bonds. The van der Waals surface area contributed by atoms with Crippen LogP contribution in [0.1, 0.15) is 143 Å². The van der Waals surface area contributed by atoms with Crippen LogP contribution in [0.3, 0.4) is 0 Å². The van der Waals surface area contributed by atoms with Gasteiger partial charge in [0.15, 0.2) is 0 Å². The van der Waals surface area contributed by atoms with Crippen LogP contribution < -0.4 is 5.73 Å². The van der Waals surface area contributed by atoms with E-state index in [9.17, 15) is 0 Å². The Balaban J connectivity index is 0. The van der Waals surface area contributed by atoms with E-state index in [0.29, 0.717) is 5.92 Å². The smallest absolute Gasteiger partial charge is 0.0125 e. The van der Waals surface area contributed by atoms with Gasteiger partial charge in [-0.15, -0.1) is 12.4 Å². The summed E-state index contributed by atoms with van der Waals surface area (Å²) in [6, 6.07) is 0. The molecule has 0 aromatic heterocycles. The second-order valence-corrected chi connectivity index (χ2v) is 9.05. The lowest BCUT2D eigenvalue weighted by molar-refractivity contribution is 0.267. The summed E-state index contributed by atoms with van der Waals surface area (Å²) in [5, 5.41) is 0. The van der Waals surface area contributed by atoms with E-state index in [1.807, 2.05) is 0 Å². The average molecular weight is 390 g/mol. The molecule has 0 bridgehead atoms. The van der Waals surface area contributed by atoms with Crippen molar-refractivity contribution in [2.24, 2.45) is 11.7 Å². The van der Waals surface area contributed by atoms with Gasteiger partial charge in [-0.2, -0.15) is 0 Å². The molecule has 160 valence electrons. The Kier molecular flexibility index (Phi) is 21.9. The fraction of sp³-hybridized carbons (Fsp3) is 1.00. The first-order chi connectivity index (χ1) is 12.0. The Hall–Kier alpha value is 0.250. The highest BCUT2D eigenvalue weighted by Crippen LogP contribution is 2.27. The fourth-order valence-electron chi connectivity index (χ4n) is 3.94. The summed E-state index contributed by atoms with van der Waals surface area (Å²) in [5.74, 6) is 0.715. The second-order valence-electron chi connectivity index (χ2n) is 9.05. The lowest BCUT2D eigenvalue weighted by Crippen LogP contribution is -2.40. The van der Waals surface area contributed by atoms with E-state index in [-0.39, 0.29) is 17.9 Å². The first-order valence-corrected chi connectivity index (χ1v) is 11.8. The van der Waals surface area contributed by atoms with Crippen LogP contribution in [0.15, 0.2) is 0 Å². The Bertz CT molecular complexity index is 239. The molecule has 0 fully saturated rings. The third-order valence-electron chi connectivity index (χ3n) is 5.86. The van der Waals surface area contributed by atoms with E-state index in [2.05, 4.69) is 27.7 Å². The van der Waals surface area contributed by atoms with Crippen molar-refractivity contribution in [3.8, 4) is 0 Å². The van der Waals surface area contributed by atoms with E-state index in [4.69, 9.17) is 5.73 Å². The van der Waals surface area contributed by atoms with Crippen LogP contribution in [0.25, 0.3) is 0 Å². The van der Waals surface area contributed by atoms with Crippen LogP contribution in [0.2, 0.25) is 0 Å². The highest BCUT2D eigenvalue weighted by molar-refractivity contribution is 5.85. The molecule has 0 atom stereocenters. The van der Waals surface area contributed by atoms with Crippen molar-refractivity contribution in [1.82, 2.24) is 0 Å². The predicted molar refractivity (Wildman–Crippen MR) is 123 cm³/mol. The molecule has 0 aliphatic heterocycles. The van der Waals surface area contributed by atoms with E-state index in [1.165, 1.54) is 116 Å². The minimum absolute atomic E-state index is 0. The molecule has 0 unspecified atom stereocenters. The van der Waals surface area contributed by atoms with Crippen LogP contribution >= 0.6 is 12.4 Å². The average Bonchev–Trinajstić information content (AvgIpc) is 2.56. The number of nitrogens with two attached hydrogens (primary N) is 1. The zero-order valence-electron chi connectivity index (χ0n) is 18.8. The summed E-state index contributed by atoms with van der Waals surface area (Å²) < 4.78 is 0. The molecule has 0 radical (unpaired) electrons. The van der Waals surface area contributed by atoms with Gasteiger partial charge in [0.1, 0.15) is 0 Å². The van der Waals surface area contributed by atoms with Gasteiger partial charge in [-0.05, 0) is 32.6 Å². The van der Waals surface area contributed by atoms with Gasteiger partial charge in [-0.3, -0.25) is 0 Å². The molecule has 0 aliphatic rings. The van der Waals surface area contributed by atoms with Gasteiger partial charge >= 0.3 is 0 Å². The summed E-state index contributed by atoms with van der Waals surface area (Å²) >= 11 is 0. The number of halogens is 1. The zero-order chi connectivity index (χ0) is 18.8. The van der Waals surface area contributed by atoms with Gasteiger partial charge in [0.05, 0.1) is 0 Å². The first kappa shape index (κ1) is 28.5.